The second-order valence-corrected chi connectivity index (χ2v) is 16.1. The molecule has 0 saturated heterocycles. The van der Waals surface area contributed by atoms with E-state index in [1.807, 2.05) is 6.20 Å². The molecular weight excluding hydrogens is 749 g/mol. The summed E-state index contributed by atoms with van der Waals surface area (Å²) in [5.41, 5.74) is 13.7. The maximum Gasteiger partial charge on any atom is 0.236 e. The second-order valence-electron chi connectivity index (χ2n) is 16.1. The molecule has 0 atom stereocenters. The Hall–Kier alpha value is -8.49. The Morgan fingerprint density at radius 2 is 0.869 bits per heavy atom. The van der Waals surface area contributed by atoms with E-state index in [0.717, 1.165) is 72.1 Å². The van der Waals surface area contributed by atoms with Crippen molar-refractivity contribution in [2.24, 2.45) is 0 Å². The van der Waals surface area contributed by atoms with Gasteiger partial charge in [0, 0.05) is 54.5 Å². The van der Waals surface area contributed by atoms with Gasteiger partial charge in [-0.2, -0.15) is 9.97 Å². The molecule has 7 heterocycles. The van der Waals surface area contributed by atoms with E-state index < -0.39 is 0 Å². The summed E-state index contributed by atoms with van der Waals surface area (Å²) >= 11 is 0. The molecule has 282 valence electrons. The van der Waals surface area contributed by atoms with Crippen LogP contribution in [-0.4, -0.2) is 37.5 Å². The lowest BCUT2D eigenvalue weighted by molar-refractivity contribution is 1.00. The van der Waals surface area contributed by atoms with E-state index in [-0.39, 0.29) is 0 Å². The number of hydrogen-bond acceptors (Lipinski definition) is 3. The SMILES string of the molecule is c1ccc(-n2c3cccc4c3c3c2ccc2c5ccccc5n(c23)c2nc3nc(-n5c6ccccc6c6c5ccc5c7ccccc7n(-c7ccccc7)c56)ncc3n42)cc1. The van der Waals surface area contributed by atoms with E-state index in [4.69, 9.17) is 15.0 Å². The topological polar surface area (TPSA) is 62.3 Å². The minimum absolute atomic E-state index is 0.576. The number of para-hydroxylation sites is 5. The number of benzene rings is 8. The fraction of sp³-hybridized carbons (Fsp3) is 0. The van der Waals surface area contributed by atoms with Crippen molar-refractivity contribution < 1.29 is 0 Å². The van der Waals surface area contributed by atoms with Gasteiger partial charge in [0.05, 0.1) is 55.8 Å². The van der Waals surface area contributed by atoms with Crippen molar-refractivity contribution in [3.8, 4) is 17.3 Å². The lowest BCUT2D eigenvalue weighted by atomic mass is 10.1. The molecule has 0 amide bonds. The van der Waals surface area contributed by atoms with Gasteiger partial charge in [0.2, 0.25) is 11.7 Å². The zero-order valence-electron chi connectivity index (χ0n) is 32.4. The smallest absolute Gasteiger partial charge is 0.236 e. The molecule has 15 aromatic rings. The molecule has 8 nitrogen and oxygen atoms in total. The van der Waals surface area contributed by atoms with E-state index in [1.54, 1.807) is 0 Å². The molecule has 0 N–H and O–H groups in total. The Balaban J connectivity index is 1.08. The first-order chi connectivity index (χ1) is 30.3. The summed E-state index contributed by atoms with van der Waals surface area (Å²) in [6, 6.07) is 63.0. The van der Waals surface area contributed by atoms with Crippen LogP contribution in [0.4, 0.5) is 0 Å². The predicted octanol–water partition coefficient (Wildman–Crippen LogP) is 12.6. The molecule has 0 radical (unpaired) electrons. The van der Waals surface area contributed by atoms with Crippen LogP contribution in [0.25, 0.3) is 127 Å². The molecule has 15 rings (SSSR count). The highest BCUT2D eigenvalue weighted by atomic mass is 15.2. The number of nitrogens with zero attached hydrogens (tertiary/aromatic N) is 8. The van der Waals surface area contributed by atoms with Gasteiger partial charge in [-0.3, -0.25) is 13.4 Å². The van der Waals surface area contributed by atoms with Gasteiger partial charge in [-0.1, -0.05) is 109 Å². The van der Waals surface area contributed by atoms with Crippen LogP contribution in [0.3, 0.4) is 0 Å². The van der Waals surface area contributed by atoms with Gasteiger partial charge in [-0.15, -0.1) is 0 Å². The number of imidazole rings is 1. The quantitative estimate of drug-likeness (QED) is 0.179. The summed E-state index contributed by atoms with van der Waals surface area (Å²) in [7, 11) is 0. The largest absolute Gasteiger partial charge is 0.309 e. The molecule has 0 spiro atoms. The fourth-order valence-corrected chi connectivity index (χ4v) is 10.7. The van der Waals surface area contributed by atoms with Crippen molar-refractivity contribution in [1.29, 1.82) is 0 Å². The second kappa shape index (κ2) is 11.2. The van der Waals surface area contributed by atoms with Crippen molar-refractivity contribution in [3.05, 3.63) is 182 Å². The molecule has 0 saturated carbocycles. The van der Waals surface area contributed by atoms with E-state index >= 15 is 0 Å². The maximum absolute atomic E-state index is 5.49. The number of rotatable bonds is 3. The van der Waals surface area contributed by atoms with E-state index in [9.17, 15) is 0 Å². The Labute approximate surface area is 345 Å². The van der Waals surface area contributed by atoms with Crippen LogP contribution in [-0.2, 0) is 0 Å². The van der Waals surface area contributed by atoms with E-state index in [2.05, 4.69) is 198 Å². The lowest BCUT2D eigenvalue weighted by Gasteiger charge is -2.09. The Kier molecular flexibility index (Phi) is 5.76. The third-order valence-electron chi connectivity index (χ3n) is 13.1. The summed E-state index contributed by atoms with van der Waals surface area (Å²) in [4.78, 5) is 16.1. The molecule has 0 fully saturated rings. The first-order valence-corrected chi connectivity index (χ1v) is 20.6. The zero-order valence-corrected chi connectivity index (χ0v) is 32.4. The molecule has 0 aliphatic carbocycles. The van der Waals surface area contributed by atoms with Crippen LogP contribution < -0.4 is 0 Å². The highest BCUT2D eigenvalue weighted by Gasteiger charge is 2.26. The van der Waals surface area contributed by atoms with Crippen LogP contribution >= 0.6 is 0 Å². The standard InChI is InChI=1S/C53H30N8/c1-3-14-31(15-4-1)57-41-24-13-25-42-47(41)48-44(57)29-27-36-34-19-8-11-22-39(34)61(50(36)48)53-56-51-45(60(42)53)30-54-52(55-51)59-40-23-12-9-20-37(40)46-43(59)28-26-35-33-18-7-10-21-38(33)58(49(35)46)32-16-5-2-6-17-32/h1-30H. The third-order valence-corrected chi connectivity index (χ3v) is 13.1. The molecule has 8 aromatic carbocycles. The summed E-state index contributed by atoms with van der Waals surface area (Å²) < 4.78 is 11.6. The van der Waals surface area contributed by atoms with Crippen molar-refractivity contribution in [3.63, 3.8) is 0 Å². The Morgan fingerprint density at radius 1 is 0.311 bits per heavy atom. The molecule has 0 aliphatic rings. The highest BCUT2D eigenvalue weighted by molar-refractivity contribution is 6.30. The lowest BCUT2D eigenvalue weighted by Crippen LogP contribution is -2.01. The zero-order chi connectivity index (χ0) is 39.5. The maximum atomic E-state index is 5.49. The molecule has 0 aliphatic heterocycles. The van der Waals surface area contributed by atoms with E-state index in [1.165, 1.54) is 43.4 Å². The number of aromatic nitrogens is 8. The van der Waals surface area contributed by atoms with Crippen LogP contribution in [0.1, 0.15) is 0 Å². The van der Waals surface area contributed by atoms with Gasteiger partial charge in [-0.25, -0.2) is 4.98 Å². The molecule has 0 bridgehead atoms. The highest BCUT2D eigenvalue weighted by Crippen LogP contribution is 2.45. The van der Waals surface area contributed by atoms with Gasteiger partial charge in [0.15, 0.2) is 5.65 Å². The van der Waals surface area contributed by atoms with Crippen molar-refractivity contribution in [2.75, 3.05) is 0 Å². The van der Waals surface area contributed by atoms with Gasteiger partial charge >= 0.3 is 0 Å². The van der Waals surface area contributed by atoms with Crippen LogP contribution in [0, 0.1) is 0 Å². The van der Waals surface area contributed by atoms with Gasteiger partial charge in [-0.05, 0) is 66.7 Å². The average Bonchev–Trinajstić information content (AvgIpc) is 4.10. The van der Waals surface area contributed by atoms with Crippen LogP contribution in [0.5, 0.6) is 0 Å². The average molecular weight is 779 g/mol. The van der Waals surface area contributed by atoms with E-state index in [0.29, 0.717) is 11.6 Å². The third kappa shape index (κ3) is 3.83. The summed E-state index contributed by atoms with van der Waals surface area (Å²) in [5, 5.41) is 9.51. The van der Waals surface area contributed by atoms with Crippen LogP contribution in [0.15, 0.2) is 182 Å². The van der Waals surface area contributed by atoms with Crippen LogP contribution in [0.2, 0.25) is 0 Å². The molecule has 8 heteroatoms. The number of hydrogen-bond donors (Lipinski definition) is 0. The summed E-state index contributed by atoms with van der Waals surface area (Å²) in [5.74, 6) is 1.37. The normalized spacial score (nSPS) is 12.6. The predicted molar refractivity (Wildman–Crippen MR) is 248 cm³/mol. The van der Waals surface area contributed by atoms with Gasteiger partial charge in [0.25, 0.3) is 0 Å². The molecular formula is C53H30N8. The fourth-order valence-electron chi connectivity index (χ4n) is 10.7. The monoisotopic (exact) mass is 778 g/mol. The van der Waals surface area contributed by atoms with Crippen molar-refractivity contribution in [1.82, 2.24) is 37.5 Å². The summed E-state index contributed by atoms with van der Waals surface area (Å²) in [6.07, 6.45) is 1.97. The summed E-state index contributed by atoms with van der Waals surface area (Å²) in [6.45, 7) is 0. The van der Waals surface area contributed by atoms with Gasteiger partial charge < -0.3 is 9.13 Å². The first kappa shape index (κ1) is 31.5. The van der Waals surface area contributed by atoms with Gasteiger partial charge in [0.1, 0.15) is 5.52 Å². The molecule has 7 aromatic heterocycles. The minimum Gasteiger partial charge on any atom is -0.309 e. The number of fused-ring (bicyclic) bond motifs is 15. The Bertz CT molecular complexity index is 4330. The molecule has 0 unspecified atom stereocenters. The molecule has 61 heavy (non-hydrogen) atoms. The first-order valence-electron chi connectivity index (χ1n) is 20.6. The van der Waals surface area contributed by atoms with Crippen molar-refractivity contribution >= 4 is 110 Å². The Morgan fingerprint density at radius 3 is 1.62 bits per heavy atom. The van der Waals surface area contributed by atoms with Crippen molar-refractivity contribution in [2.45, 2.75) is 0 Å². The minimum atomic E-state index is 0.576.